The molecule has 9 heteroatoms. The number of halogens is 1. The molecule has 1 saturated heterocycles. The van der Waals surface area contributed by atoms with Gasteiger partial charge in [-0.25, -0.2) is 8.42 Å². The van der Waals surface area contributed by atoms with E-state index in [0.717, 1.165) is 12.1 Å². The first-order chi connectivity index (χ1) is 9.63. The zero-order valence-electron chi connectivity index (χ0n) is 11.6. The number of nitrogens with zero attached hydrogens (tertiary/aromatic N) is 2. The van der Waals surface area contributed by atoms with Crippen LogP contribution in [-0.4, -0.2) is 41.2 Å². The number of benzene rings is 1. The minimum absolute atomic E-state index is 0.218. The van der Waals surface area contributed by atoms with Crippen LogP contribution in [0.2, 0.25) is 0 Å². The van der Waals surface area contributed by atoms with Gasteiger partial charge >= 0.3 is 5.69 Å². The van der Waals surface area contributed by atoms with Gasteiger partial charge in [-0.15, -0.1) is 0 Å². The number of hydrogen-bond donors (Lipinski definition) is 0. The maximum Gasteiger partial charge on any atom is 0.304 e. The summed E-state index contributed by atoms with van der Waals surface area (Å²) in [7, 11) is -3.84. The van der Waals surface area contributed by atoms with Crippen LogP contribution < -0.4 is 0 Å². The van der Waals surface area contributed by atoms with Gasteiger partial charge in [0, 0.05) is 35.7 Å². The van der Waals surface area contributed by atoms with Gasteiger partial charge in [-0.2, -0.15) is 20.5 Å². The smallest absolute Gasteiger partial charge is 0.258 e. The Morgan fingerprint density at radius 1 is 1.43 bits per heavy atom. The van der Waals surface area contributed by atoms with E-state index in [1.165, 1.54) is 4.31 Å². The molecule has 0 saturated carbocycles. The maximum atomic E-state index is 13.6. The Hall–Kier alpha value is -1.19. The highest BCUT2D eigenvalue weighted by Crippen LogP contribution is 2.33. The quantitative estimate of drug-likeness (QED) is 0.625. The summed E-state index contributed by atoms with van der Waals surface area (Å²) in [5.41, 5.74) is -0.733. The summed E-state index contributed by atoms with van der Waals surface area (Å²) in [4.78, 5) is 9.43. The van der Waals surface area contributed by atoms with E-state index in [0.29, 0.717) is 24.9 Å². The fourth-order valence-corrected chi connectivity index (χ4v) is 5.05. The van der Waals surface area contributed by atoms with Crippen molar-refractivity contribution in [2.24, 2.45) is 0 Å². The molecule has 21 heavy (non-hydrogen) atoms. The zero-order chi connectivity index (χ0) is 15.8. The molecule has 1 heterocycles. The third-order valence-corrected chi connectivity index (χ3v) is 6.28. The molecule has 116 valence electrons. The monoisotopic (exact) mass is 334 g/mol. The Bertz CT molecular complexity index is 676. The molecule has 0 bridgehead atoms. The van der Waals surface area contributed by atoms with Gasteiger partial charge < -0.3 is 0 Å². The normalized spacial score (nSPS) is 19.4. The van der Waals surface area contributed by atoms with Crippen LogP contribution >= 0.6 is 11.8 Å². The maximum absolute atomic E-state index is 13.6. The van der Waals surface area contributed by atoms with Crippen molar-refractivity contribution < 1.29 is 17.7 Å². The van der Waals surface area contributed by atoms with E-state index in [9.17, 15) is 22.9 Å². The highest BCUT2D eigenvalue weighted by atomic mass is 32.2. The van der Waals surface area contributed by atoms with Crippen molar-refractivity contribution in [3.05, 3.63) is 34.1 Å². The van der Waals surface area contributed by atoms with E-state index in [1.54, 1.807) is 11.8 Å². The number of nitro benzene ring substituents is 1. The lowest BCUT2D eigenvalue weighted by atomic mass is 10.2. The lowest BCUT2D eigenvalue weighted by Gasteiger charge is -2.36. The molecule has 0 radical (unpaired) electrons. The summed E-state index contributed by atoms with van der Waals surface area (Å²) < 4.78 is 39.7. The molecule has 1 aliphatic rings. The molecule has 2 rings (SSSR count). The highest BCUT2D eigenvalue weighted by molar-refractivity contribution is 8.00. The van der Waals surface area contributed by atoms with Crippen molar-refractivity contribution in [3.63, 3.8) is 0 Å². The van der Waals surface area contributed by atoms with Gasteiger partial charge in [-0.1, -0.05) is 0 Å². The first-order valence-electron chi connectivity index (χ1n) is 6.21. The molecule has 6 nitrogen and oxygen atoms in total. The summed E-state index contributed by atoms with van der Waals surface area (Å²) in [5.74, 6) is -0.492. The van der Waals surface area contributed by atoms with Crippen molar-refractivity contribution in [3.8, 4) is 0 Å². The van der Waals surface area contributed by atoms with Crippen molar-refractivity contribution in [2.45, 2.75) is 23.5 Å². The summed E-state index contributed by atoms with van der Waals surface area (Å²) in [5, 5.41) is 10.6. The molecule has 0 aromatic heterocycles. The predicted molar refractivity (Wildman–Crippen MR) is 78.4 cm³/mol. The number of hydrogen-bond acceptors (Lipinski definition) is 5. The minimum Gasteiger partial charge on any atom is -0.258 e. The fraction of sp³-hybridized carbons (Fsp3) is 0.500. The lowest BCUT2D eigenvalue weighted by molar-refractivity contribution is -0.387. The van der Waals surface area contributed by atoms with E-state index in [-0.39, 0.29) is 9.64 Å². The molecular weight excluding hydrogens is 319 g/mol. The van der Waals surface area contributed by atoms with Crippen LogP contribution in [0.3, 0.4) is 0 Å². The molecule has 0 spiro atoms. The number of sulfonamides is 1. The average Bonchev–Trinajstić information content (AvgIpc) is 2.36. The van der Waals surface area contributed by atoms with Gasteiger partial charge in [-0.05, 0) is 19.9 Å². The van der Waals surface area contributed by atoms with Gasteiger partial charge in [0.05, 0.1) is 9.82 Å². The standard InChI is InChI=1S/C12H15FN2O4S2/c1-12(2)8-14(5-6-20-12)21(18,19)9-3-4-11(15(16)17)10(13)7-9/h3-4,7H,5-6,8H2,1-2H3. The molecule has 1 aromatic carbocycles. The molecule has 0 atom stereocenters. The van der Waals surface area contributed by atoms with Crippen LogP contribution in [0.1, 0.15) is 13.8 Å². The predicted octanol–water partition coefficient (Wildman–Crippen LogP) is 2.25. The van der Waals surface area contributed by atoms with Crippen molar-refractivity contribution in [1.29, 1.82) is 0 Å². The van der Waals surface area contributed by atoms with Gasteiger partial charge in [-0.3, -0.25) is 10.1 Å². The van der Waals surface area contributed by atoms with E-state index >= 15 is 0 Å². The van der Waals surface area contributed by atoms with Crippen molar-refractivity contribution in [1.82, 2.24) is 4.31 Å². The highest BCUT2D eigenvalue weighted by Gasteiger charge is 2.35. The van der Waals surface area contributed by atoms with Crippen LogP contribution in [0, 0.1) is 15.9 Å². The Balaban J connectivity index is 2.36. The van der Waals surface area contributed by atoms with Crippen LogP contribution in [-0.2, 0) is 10.0 Å². The Morgan fingerprint density at radius 2 is 2.10 bits per heavy atom. The van der Waals surface area contributed by atoms with E-state index < -0.39 is 26.5 Å². The molecule has 0 N–H and O–H groups in total. The topological polar surface area (TPSA) is 80.5 Å². The number of rotatable bonds is 3. The van der Waals surface area contributed by atoms with Gasteiger partial charge in [0.1, 0.15) is 0 Å². The number of thioether (sulfide) groups is 1. The molecule has 1 aliphatic heterocycles. The van der Waals surface area contributed by atoms with E-state index in [2.05, 4.69) is 0 Å². The SMILES string of the molecule is CC1(C)CN(S(=O)(=O)c2ccc([N+](=O)[O-])c(F)c2)CCS1. The number of nitro groups is 1. The average molecular weight is 334 g/mol. The first-order valence-corrected chi connectivity index (χ1v) is 8.64. The molecule has 0 amide bonds. The van der Waals surface area contributed by atoms with Crippen molar-refractivity contribution in [2.75, 3.05) is 18.8 Å². The third-order valence-electron chi connectivity index (χ3n) is 3.14. The summed E-state index contributed by atoms with van der Waals surface area (Å²) in [6.07, 6.45) is 0. The summed E-state index contributed by atoms with van der Waals surface area (Å²) in [6, 6.07) is 2.67. The second-order valence-corrected chi connectivity index (χ2v) is 9.06. The Kier molecular flexibility index (Phi) is 4.27. The zero-order valence-corrected chi connectivity index (χ0v) is 13.2. The summed E-state index contributed by atoms with van der Waals surface area (Å²) in [6.45, 7) is 4.54. The van der Waals surface area contributed by atoms with Gasteiger partial charge in [0.25, 0.3) is 0 Å². The molecule has 1 fully saturated rings. The van der Waals surface area contributed by atoms with Gasteiger partial charge in [0.2, 0.25) is 15.8 Å². The van der Waals surface area contributed by atoms with Crippen LogP contribution in [0.5, 0.6) is 0 Å². The molecule has 1 aromatic rings. The second-order valence-electron chi connectivity index (χ2n) is 5.32. The minimum atomic E-state index is -3.84. The van der Waals surface area contributed by atoms with E-state index in [1.807, 2.05) is 13.8 Å². The molecule has 0 unspecified atom stereocenters. The van der Waals surface area contributed by atoms with Crippen molar-refractivity contribution >= 4 is 27.5 Å². The third kappa shape index (κ3) is 3.35. The van der Waals surface area contributed by atoms with Crippen LogP contribution in [0.4, 0.5) is 10.1 Å². The second kappa shape index (κ2) is 5.54. The van der Waals surface area contributed by atoms with Crippen LogP contribution in [0.25, 0.3) is 0 Å². The van der Waals surface area contributed by atoms with E-state index in [4.69, 9.17) is 0 Å². The van der Waals surface area contributed by atoms with Crippen LogP contribution in [0.15, 0.2) is 23.1 Å². The van der Waals surface area contributed by atoms with Gasteiger partial charge in [0.15, 0.2) is 0 Å². The molecular formula is C12H15FN2O4S2. The fourth-order valence-electron chi connectivity index (χ4n) is 2.12. The Labute approximate surface area is 126 Å². The lowest BCUT2D eigenvalue weighted by Crippen LogP contribution is -2.46. The largest absolute Gasteiger partial charge is 0.304 e. The molecule has 0 aliphatic carbocycles. The summed E-state index contributed by atoms with van der Waals surface area (Å²) >= 11 is 1.68. The Morgan fingerprint density at radius 3 is 2.62 bits per heavy atom. The first kappa shape index (κ1) is 16.2.